The van der Waals surface area contributed by atoms with Gasteiger partial charge in [-0.1, -0.05) is 36.4 Å². The second kappa shape index (κ2) is 6.24. The molecule has 2 aliphatic heterocycles. The number of carbonyl (C=O) groups is 1. The van der Waals surface area contributed by atoms with Gasteiger partial charge in [-0.2, -0.15) is 0 Å². The minimum Gasteiger partial charge on any atom is -0.361 e. The molecular weight excluding hydrogens is 334 g/mol. The van der Waals surface area contributed by atoms with Crippen molar-refractivity contribution in [3.63, 3.8) is 0 Å². The number of para-hydroxylation sites is 2. The number of nitrogens with one attached hydrogen (secondary N) is 1. The second-order valence-corrected chi connectivity index (χ2v) is 7.95. The number of anilines is 1. The Morgan fingerprint density at radius 2 is 1.93 bits per heavy atom. The van der Waals surface area contributed by atoms with Crippen LogP contribution in [0.4, 0.5) is 5.69 Å². The molecule has 1 amide bonds. The number of fused-ring (bicyclic) bond motifs is 3. The van der Waals surface area contributed by atoms with Gasteiger partial charge in [0, 0.05) is 42.9 Å². The van der Waals surface area contributed by atoms with Crippen LogP contribution in [-0.4, -0.2) is 42.5 Å². The Morgan fingerprint density at radius 3 is 2.85 bits per heavy atom. The quantitative estimate of drug-likeness (QED) is 0.774. The predicted octanol–water partition coefficient (Wildman–Crippen LogP) is 3.72. The fraction of sp³-hybridized carbons (Fsp3) is 0.348. The summed E-state index contributed by atoms with van der Waals surface area (Å²) in [6, 6.07) is 16.8. The number of hydrogen-bond acceptors (Lipinski definition) is 2. The lowest BCUT2D eigenvalue weighted by Gasteiger charge is -2.39. The predicted molar refractivity (Wildman–Crippen MR) is 109 cm³/mol. The van der Waals surface area contributed by atoms with Gasteiger partial charge in [0.25, 0.3) is 0 Å². The number of amides is 1. The molecule has 0 aliphatic carbocycles. The molecule has 3 aromatic rings. The van der Waals surface area contributed by atoms with Crippen LogP contribution >= 0.6 is 0 Å². The van der Waals surface area contributed by atoms with Crippen molar-refractivity contribution in [3.05, 3.63) is 65.9 Å². The molecule has 4 heteroatoms. The molecule has 27 heavy (non-hydrogen) atoms. The molecule has 1 fully saturated rings. The summed E-state index contributed by atoms with van der Waals surface area (Å²) >= 11 is 0. The van der Waals surface area contributed by atoms with Crippen molar-refractivity contribution in [1.29, 1.82) is 0 Å². The number of aromatic amines is 1. The zero-order valence-corrected chi connectivity index (χ0v) is 15.7. The minimum absolute atomic E-state index is 0.264. The van der Waals surface area contributed by atoms with Gasteiger partial charge < -0.3 is 14.8 Å². The fourth-order valence-corrected chi connectivity index (χ4v) is 5.06. The average molecular weight is 359 g/mol. The van der Waals surface area contributed by atoms with Crippen molar-refractivity contribution in [1.82, 2.24) is 9.88 Å². The molecule has 0 bridgehead atoms. The average Bonchev–Trinajstić information content (AvgIpc) is 3.21. The van der Waals surface area contributed by atoms with Crippen LogP contribution in [0.5, 0.6) is 0 Å². The summed E-state index contributed by atoms with van der Waals surface area (Å²) in [4.78, 5) is 20.9. The Morgan fingerprint density at radius 1 is 1.11 bits per heavy atom. The van der Waals surface area contributed by atoms with Crippen LogP contribution in [0.25, 0.3) is 10.9 Å². The molecule has 4 nitrogen and oxygen atoms in total. The van der Waals surface area contributed by atoms with Gasteiger partial charge in [0.2, 0.25) is 5.91 Å². The SMILES string of the molecule is CN1C(=O)C2(CCCN(CCc3c[nH]c4ccccc34)C2)c2ccccc21. The first-order chi connectivity index (χ1) is 13.2. The summed E-state index contributed by atoms with van der Waals surface area (Å²) in [7, 11) is 1.92. The maximum absolute atomic E-state index is 13.2. The van der Waals surface area contributed by atoms with Gasteiger partial charge in [-0.15, -0.1) is 0 Å². The maximum atomic E-state index is 13.2. The lowest BCUT2D eigenvalue weighted by Crippen LogP contribution is -2.51. The third-order valence-electron chi connectivity index (χ3n) is 6.44. The van der Waals surface area contributed by atoms with Gasteiger partial charge >= 0.3 is 0 Å². The van der Waals surface area contributed by atoms with Crippen LogP contribution < -0.4 is 4.90 Å². The normalized spacial score (nSPS) is 22.7. The van der Waals surface area contributed by atoms with Crippen molar-refractivity contribution >= 4 is 22.5 Å². The molecule has 1 unspecified atom stereocenters. The van der Waals surface area contributed by atoms with E-state index in [-0.39, 0.29) is 11.3 Å². The van der Waals surface area contributed by atoms with Crippen molar-refractivity contribution in [2.24, 2.45) is 0 Å². The first kappa shape index (κ1) is 16.6. The fourth-order valence-electron chi connectivity index (χ4n) is 5.06. The van der Waals surface area contributed by atoms with E-state index in [9.17, 15) is 4.79 Å². The topological polar surface area (TPSA) is 39.3 Å². The van der Waals surface area contributed by atoms with Crippen molar-refractivity contribution in [3.8, 4) is 0 Å². The standard InChI is InChI=1S/C23H25N3O/c1-25-21-10-5-3-8-19(21)23(22(25)27)12-6-13-26(16-23)14-11-17-15-24-20-9-4-2-7-18(17)20/h2-5,7-10,15,24H,6,11-14,16H2,1H3. The molecule has 0 radical (unpaired) electrons. The van der Waals surface area contributed by atoms with Crippen molar-refractivity contribution in [2.75, 3.05) is 31.6 Å². The molecule has 3 heterocycles. The first-order valence-corrected chi connectivity index (χ1v) is 9.84. The van der Waals surface area contributed by atoms with E-state index in [0.29, 0.717) is 0 Å². The van der Waals surface area contributed by atoms with Gasteiger partial charge in [-0.05, 0) is 49.1 Å². The summed E-state index contributed by atoms with van der Waals surface area (Å²) in [6.07, 6.45) is 5.17. The molecule has 1 aromatic heterocycles. The molecule has 1 saturated heterocycles. The number of likely N-dealkylation sites (tertiary alicyclic amines) is 1. The van der Waals surface area contributed by atoms with Crippen LogP contribution in [0, 0.1) is 0 Å². The molecule has 2 aromatic carbocycles. The highest BCUT2D eigenvalue weighted by molar-refractivity contribution is 6.08. The third-order valence-corrected chi connectivity index (χ3v) is 6.44. The Labute approximate surface area is 159 Å². The van der Waals surface area contributed by atoms with Crippen LogP contribution in [-0.2, 0) is 16.6 Å². The van der Waals surface area contributed by atoms with Gasteiger partial charge in [0.15, 0.2) is 0 Å². The van der Waals surface area contributed by atoms with E-state index in [1.807, 2.05) is 18.0 Å². The van der Waals surface area contributed by atoms with Gasteiger partial charge in [0.1, 0.15) is 0 Å². The molecule has 2 aliphatic rings. The number of nitrogens with zero attached hydrogens (tertiary/aromatic N) is 2. The maximum Gasteiger partial charge on any atom is 0.238 e. The van der Waals surface area contributed by atoms with E-state index in [4.69, 9.17) is 0 Å². The number of benzene rings is 2. The Hall–Kier alpha value is -2.59. The lowest BCUT2D eigenvalue weighted by molar-refractivity contribution is -0.124. The summed E-state index contributed by atoms with van der Waals surface area (Å²) in [5.74, 6) is 0.264. The number of piperidine rings is 1. The van der Waals surface area contributed by atoms with Crippen LogP contribution in [0.2, 0.25) is 0 Å². The molecule has 1 N–H and O–H groups in total. The molecular formula is C23H25N3O. The minimum atomic E-state index is -0.357. The number of rotatable bonds is 3. The molecule has 5 rings (SSSR count). The summed E-state index contributed by atoms with van der Waals surface area (Å²) in [5.41, 5.74) is 4.50. The first-order valence-electron chi connectivity index (χ1n) is 9.84. The lowest BCUT2D eigenvalue weighted by atomic mass is 9.75. The second-order valence-electron chi connectivity index (χ2n) is 7.95. The summed E-state index contributed by atoms with van der Waals surface area (Å²) < 4.78 is 0. The van der Waals surface area contributed by atoms with Crippen LogP contribution in [0.15, 0.2) is 54.7 Å². The number of likely N-dealkylation sites (N-methyl/N-ethyl adjacent to an activating group) is 1. The summed E-state index contributed by atoms with van der Waals surface area (Å²) in [6.45, 7) is 2.89. The van der Waals surface area contributed by atoms with E-state index >= 15 is 0 Å². The molecule has 138 valence electrons. The molecule has 1 spiro atoms. The largest absolute Gasteiger partial charge is 0.361 e. The van der Waals surface area contributed by atoms with Gasteiger partial charge in [-0.25, -0.2) is 0 Å². The van der Waals surface area contributed by atoms with Crippen LogP contribution in [0.3, 0.4) is 0 Å². The highest BCUT2D eigenvalue weighted by Gasteiger charge is 2.51. The van der Waals surface area contributed by atoms with E-state index in [2.05, 4.69) is 58.5 Å². The number of carbonyl (C=O) groups excluding carboxylic acids is 1. The zero-order chi connectivity index (χ0) is 18.4. The van der Waals surface area contributed by atoms with Gasteiger partial charge in [-0.3, -0.25) is 4.79 Å². The third kappa shape index (κ3) is 2.51. The monoisotopic (exact) mass is 359 g/mol. The highest BCUT2D eigenvalue weighted by atomic mass is 16.2. The number of H-pyrrole nitrogens is 1. The smallest absolute Gasteiger partial charge is 0.238 e. The van der Waals surface area contributed by atoms with E-state index in [1.54, 1.807) is 0 Å². The van der Waals surface area contributed by atoms with Crippen molar-refractivity contribution < 1.29 is 4.79 Å². The van der Waals surface area contributed by atoms with Crippen molar-refractivity contribution in [2.45, 2.75) is 24.7 Å². The Balaban J connectivity index is 1.38. The van der Waals surface area contributed by atoms with Gasteiger partial charge in [0.05, 0.1) is 5.41 Å². The zero-order valence-electron chi connectivity index (χ0n) is 15.7. The Bertz CT molecular complexity index is 1010. The number of hydrogen-bond donors (Lipinski definition) is 1. The molecule has 1 atom stereocenters. The Kier molecular flexibility index (Phi) is 3.83. The summed E-state index contributed by atoms with van der Waals surface area (Å²) in [5, 5.41) is 1.31. The van der Waals surface area contributed by atoms with E-state index < -0.39 is 0 Å². The molecule has 0 saturated carbocycles. The van der Waals surface area contributed by atoms with E-state index in [1.165, 1.54) is 22.0 Å². The van der Waals surface area contributed by atoms with Crippen LogP contribution in [0.1, 0.15) is 24.0 Å². The highest BCUT2D eigenvalue weighted by Crippen LogP contribution is 2.46. The van der Waals surface area contributed by atoms with E-state index in [0.717, 1.165) is 44.6 Å². The number of aromatic nitrogens is 1.